The van der Waals surface area contributed by atoms with Crippen LogP contribution in [0.15, 0.2) is 11.9 Å². The Labute approximate surface area is 51.2 Å². The Morgan fingerprint density at radius 3 is 2.12 bits per heavy atom. The summed E-state index contributed by atoms with van der Waals surface area (Å²) >= 11 is 0. The van der Waals surface area contributed by atoms with Gasteiger partial charge >= 0.3 is 0 Å². The molecule has 0 N–H and O–H groups in total. The topological polar surface area (TPSA) is 17.3 Å². The first-order valence-electron chi connectivity index (χ1n) is 2.61. The second-order valence-electron chi connectivity index (χ2n) is 1.92. The summed E-state index contributed by atoms with van der Waals surface area (Å²) in [6.07, 6.45) is 1.83. The lowest BCUT2D eigenvalue weighted by molar-refractivity contribution is 0.513. The summed E-state index contributed by atoms with van der Waals surface area (Å²) in [5, 5.41) is 3.85. The van der Waals surface area contributed by atoms with E-state index < -0.39 is 0 Å². The Balaban J connectivity index is 3.61. The summed E-state index contributed by atoms with van der Waals surface area (Å²) in [7, 11) is 5.76. The molecule has 0 saturated carbocycles. The van der Waals surface area contributed by atoms with Crippen LogP contribution in [-0.2, 0) is 0 Å². The zero-order chi connectivity index (χ0) is 6.57. The maximum atomic E-state index is 3.85. The molecule has 0 aliphatic rings. The van der Waals surface area contributed by atoms with E-state index in [0.717, 1.165) is 0 Å². The van der Waals surface area contributed by atoms with Crippen LogP contribution in [0.25, 0.3) is 5.32 Å². The molecule has 0 aliphatic carbocycles. The average Bonchev–Trinajstić information content (AvgIpc) is 1.67. The summed E-state index contributed by atoms with van der Waals surface area (Å²) in [5.74, 6) is 0. The number of rotatable bonds is 2. The van der Waals surface area contributed by atoms with Gasteiger partial charge in [-0.1, -0.05) is 0 Å². The van der Waals surface area contributed by atoms with Crippen LogP contribution < -0.4 is 0 Å². The van der Waals surface area contributed by atoms with Crippen LogP contribution in [-0.4, -0.2) is 26.0 Å². The summed E-state index contributed by atoms with van der Waals surface area (Å²) in [4.78, 5) is 2.02. The van der Waals surface area contributed by atoms with Gasteiger partial charge in [-0.05, 0) is 12.6 Å². The van der Waals surface area contributed by atoms with Gasteiger partial charge in [-0.25, -0.2) is 0 Å². The second-order valence-corrected chi connectivity index (χ2v) is 1.92. The number of hydrogen-bond acceptors (Lipinski definition) is 1. The number of allylic oxidation sites excluding steroid dienone is 1. The van der Waals surface area contributed by atoms with E-state index in [1.807, 2.05) is 32.1 Å². The minimum Gasteiger partial charge on any atom is -0.692 e. The van der Waals surface area contributed by atoms with Crippen LogP contribution in [0.4, 0.5) is 0 Å². The molecule has 8 heavy (non-hydrogen) atoms. The molecule has 0 unspecified atom stereocenters. The van der Waals surface area contributed by atoms with Gasteiger partial charge in [-0.2, -0.15) is 6.20 Å². The monoisotopic (exact) mass is 113 g/mol. The Kier molecular flexibility index (Phi) is 3.08. The standard InChI is InChI=1S/C6H13N2/c1-6(5-7-2)8(3)4/h5H,1-4H3/q-1/b6-5+. The predicted octanol–water partition coefficient (Wildman–Crippen LogP) is 1.41. The lowest BCUT2D eigenvalue weighted by Crippen LogP contribution is -2.07. The molecule has 0 saturated heterocycles. The van der Waals surface area contributed by atoms with Crippen molar-refractivity contribution in [1.82, 2.24) is 4.90 Å². The van der Waals surface area contributed by atoms with E-state index in [2.05, 4.69) is 5.32 Å². The van der Waals surface area contributed by atoms with Crippen molar-refractivity contribution < 1.29 is 0 Å². The van der Waals surface area contributed by atoms with Gasteiger partial charge in [0.05, 0.1) is 0 Å². The number of hydrogen-bond donors (Lipinski definition) is 0. The molecule has 0 fully saturated rings. The van der Waals surface area contributed by atoms with Gasteiger partial charge in [0.2, 0.25) is 0 Å². The Morgan fingerprint density at radius 2 is 2.00 bits per heavy atom. The summed E-state index contributed by atoms with van der Waals surface area (Å²) in [6.45, 7) is 2.02. The summed E-state index contributed by atoms with van der Waals surface area (Å²) in [5.41, 5.74) is 1.17. The molecule has 0 aliphatic heterocycles. The molecule has 0 aromatic carbocycles. The van der Waals surface area contributed by atoms with Gasteiger partial charge in [0, 0.05) is 14.1 Å². The van der Waals surface area contributed by atoms with Crippen molar-refractivity contribution in [1.29, 1.82) is 0 Å². The van der Waals surface area contributed by atoms with E-state index in [-0.39, 0.29) is 0 Å². The first kappa shape index (κ1) is 7.34. The molecule has 0 aromatic heterocycles. The van der Waals surface area contributed by atoms with E-state index in [9.17, 15) is 0 Å². The van der Waals surface area contributed by atoms with Crippen molar-refractivity contribution in [3.63, 3.8) is 0 Å². The third-order valence-corrected chi connectivity index (χ3v) is 1.02. The maximum absolute atomic E-state index is 3.85. The van der Waals surface area contributed by atoms with E-state index in [0.29, 0.717) is 0 Å². The molecular weight excluding hydrogens is 100 g/mol. The highest BCUT2D eigenvalue weighted by atomic mass is 15.1. The van der Waals surface area contributed by atoms with E-state index >= 15 is 0 Å². The molecule has 0 amide bonds. The van der Waals surface area contributed by atoms with Gasteiger partial charge < -0.3 is 10.2 Å². The number of nitrogens with zero attached hydrogens (tertiary/aromatic N) is 2. The van der Waals surface area contributed by atoms with Crippen molar-refractivity contribution in [3.8, 4) is 0 Å². The van der Waals surface area contributed by atoms with Crippen molar-refractivity contribution >= 4 is 0 Å². The minimum absolute atomic E-state index is 1.17. The van der Waals surface area contributed by atoms with Crippen LogP contribution in [0, 0.1) is 0 Å². The summed E-state index contributed by atoms with van der Waals surface area (Å²) in [6, 6.07) is 0. The smallest absolute Gasteiger partial charge is 0.00574 e. The van der Waals surface area contributed by atoms with E-state index in [4.69, 9.17) is 0 Å². The van der Waals surface area contributed by atoms with E-state index in [1.165, 1.54) is 5.70 Å². The van der Waals surface area contributed by atoms with Crippen LogP contribution in [0.5, 0.6) is 0 Å². The Morgan fingerprint density at radius 1 is 1.50 bits per heavy atom. The molecule has 2 heteroatoms. The van der Waals surface area contributed by atoms with Crippen LogP contribution in [0.1, 0.15) is 6.92 Å². The normalized spacial score (nSPS) is 11.2. The Bertz CT molecular complexity index is 84.5. The first-order valence-corrected chi connectivity index (χ1v) is 2.61. The fourth-order valence-electron chi connectivity index (χ4n) is 0.302. The molecule has 0 heterocycles. The highest BCUT2D eigenvalue weighted by Crippen LogP contribution is 1.96. The molecular formula is C6H13N2-. The molecule has 0 radical (unpaired) electrons. The van der Waals surface area contributed by atoms with E-state index in [1.54, 1.807) is 7.05 Å². The minimum atomic E-state index is 1.17. The maximum Gasteiger partial charge on any atom is 0.00574 e. The van der Waals surface area contributed by atoms with Gasteiger partial charge in [-0.15, -0.1) is 7.05 Å². The van der Waals surface area contributed by atoms with Crippen molar-refractivity contribution in [2.75, 3.05) is 21.1 Å². The van der Waals surface area contributed by atoms with Gasteiger partial charge in [0.1, 0.15) is 0 Å². The molecule has 48 valence electrons. The first-order chi connectivity index (χ1) is 3.68. The zero-order valence-corrected chi connectivity index (χ0v) is 5.97. The fraction of sp³-hybridized carbons (Fsp3) is 0.667. The fourth-order valence-corrected chi connectivity index (χ4v) is 0.302. The lowest BCUT2D eigenvalue weighted by atomic mass is 10.5. The molecule has 0 bridgehead atoms. The summed E-state index contributed by atoms with van der Waals surface area (Å²) < 4.78 is 0. The largest absolute Gasteiger partial charge is 0.692 e. The average molecular weight is 113 g/mol. The molecule has 2 nitrogen and oxygen atoms in total. The predicted molar refractivity (Wildman–Crippen MR) is 36.7 cm³/mol. The highest BCUT2D eigenvalue weighted by molar-refractivity contribution is 5.04. The molecule has 0 atom stereocenters. The van der Waals surface area contributed by atoms with Crippen LogP contribution in [0.3, 0.4) is 0 Å². The van der Waals surface area contributed by atoms with Crippen molar-refractivity contribution in [2.24, 2.45) is 0 Å². The third kappa shape index (κ3) is 2.50. The zero-order valence-electron chi connectivity index (χ0n) is 5.97. The van der Waals surface area contributed by atoms with Crippen LogP contribution >= 0.6 is 0 Å². The molecule has 0 aromatic rings. The van der Waals surface area contributed by atoms with Gasteiger partial charge in [-0.3, -0.25) is 0 Å². The van der Waals surface area contributed by atoms with Crippen molar-refractivity contribution in [2.45, 2.75) is 6.92 Å². The quantitative estimate of drug-likeness (QED) is 0.529. The lowest BCUT2D eigenvalue weighted by Gasteiger charge is -2.16. The SMILES string of the molecule is C[N-]/C=C(\C)N(C)C. The highest BCUT2D eigenvalue weighted by Gasteiger charge is 1.81. The second kappa shape index (κ2) is 3.36. The Hall–Kier alpha value is -0.660. The van der Waals surface area contributed by atoms with Crippen LogP contribution in [0.2, 0.25) is 0 Å². The van der Waals surface area contributed by atoms with Gasteiger partial charge in [0.15, 0.2) is 0 Å². The molecule has 0 rings (SSSR count). The molecule has 0 spiro atoms. The third-order valence-electron chi connectivity index (χ3n) is 1.02. The van der Waals surface area contributed by atoms with Gasteiger partial charge in [0.25, 0.3) is 0 Å². The van der Waals surface area contributed by atoms with Crippen molar-refractivity contribution in [3.05, 3.63) is 17.2 Å².